The summed E-state index contributed by atoms with van der Waals surface area (Å²) in [5, 5.41) is 2.29. The van der Waals surface area contributed by atoms with Gasteiger partial charge in [0, 0.05) is 10.2 Å². The highest BCUT2D eigenvalue weighted by Crippen LogP contribution is 2.22. The van der Waals surface area contributed by atoms with Gasteiger partial charge in [0.25, 0.3) is 0 Å². The Morgan fingerprint density at radius 1 is 1.60 bits per heavy atom. The molecule has 0 saturated carbocycles. The van der Waals surface area contributed by atoms with Crippen LogP contribution in [-0.4, -0.2) is 18.0 Å². The van der Waals surface area contributed by atoms with E-state index >= 15 is 0 Å². The third-order valence-electron chi connectivity index (χ3n) is 1.68. The van der Waals surface area contributed by atoms with Crippen LogP contribution in [0.3, 0.4) is 0 Å². The van der Waals surface area contributed by atoms with Gasteiger partial charge in [-0.15, -0.1) is 12.6 Å². The molecule has 0 aliphatic heterocycles. The zero-order valence-electron chi connectivity index (χ0n) is 8.24. The lowest BCUT2D eigenvalue weighted by atomic mass is 10.3. The number of anilines is 1. The van der Waals surface area contributed by atoms with Crippen molar-refractivity contribution in [2.75, 3.05) is 11.9 Å². The molecule has 1 N–H and O–H groups in total. The number of ether oxygens (including phenoxy) is 1. The molecule has 0 amide bonds. The molecule has 1 aromatic carbocycles. The lowest BCUT2D eigenvalue weighted by Crippen LogP contribution is -2.26. The van der Waals surface area contributed by atoms with Crippen LogP contribution in [-0.2, 0) is 9.53 Å². The second-order valence-corrected chi connectivity index (χ2v) is 4.15. The van der Waals surface area contributed by atoms with E-state index in [-0.39, 0.29) is 5.97 Å². The Hall–Kier alpha value is -0.680. The Bertz CT molecular complexity index is 346. The molecular formula is C10H12BrNO2S. The molecule has 5 heteroatoms. The summed E-state index contributed by atoms with van der Waals surface area (Å²) in [5.74, 6) is -0.378. The fraction of sp³-hybridized carbons (Fsp3) is 0.300. The van der Waals surface area contributed by atoms with E-state index in [0.29, 0.717) is 6.61 Å². The first-order valence-corrected chi connectivity index (χ1v) is 5.82. The molecule has 1 aromatic rings. The molecule has 15 heavy (non-hydrogen) atoms. The van der Waals surface area contributed by atoms with E-state index in [1.54, 1.807) is 6.92 Å². The van der Waals surface area contributed by atoms with Gasteiger partial charge in [-0.3, -0.25) is 0 Å². The molecule has 0 bridgehead atoms. The molecule has 3 nitrogen and oxygen atoms in total. The van der Waals surface area contributed by atoms with E-state index in [0.717, 1.165) is 10.2 Å². The third-order valence-corrected chi connectivity index (χ3v) is 2.71. The maximum atomic E-state index is 11.3. The van der Waals surface area contributed by atoms with Crippen LogP contribution in [0, 0.1) is 0 Å². The van der Waals surface area contributed by atoms with Crippen molar-refractivity contribution in [2.45, 2.75) is 12.3 Å². The lowest BCUT2D eigenvalue weighted by molar-refractivity contribution is -0.141. The molecule has 0 aromatic heterocycles. The highest BCUT2D eigenvalue weighted by atomic mass is 79.9. The van der Waals surface area contributed by atoms with Gasteiger partial charge in [0.15, 0.2) is 5.37 Å². The topological polar surface area (TPSA) is 38.3 Å². The number of thiol groups is 1. The van der Waals surface area contributed by atoms with E-state index in [9.17, 15) is 4.79 Å². The van der Waals surface area contributed by atoms with Gasteiger partial charge in [-0.05, 0) is 35.0 Å². The number of rotatable bonds is 4. The van der Waals surface area contributed by atoms with Crippen molar-refractivity contribution >= 4 is 40.2 Å². The van der Waals surface area contributed by atoms with Crippen molar-refractivity contribution in [2.24, 2.45) is 0 Å². The van der Waals surface area contributed by atoms with Crippen molar-refractivity contribution in [3.8, 4) is 0 Å². The van der Waals surface area contributed by atoms with Crippen LogP contribution in [0.4, 0.5) is 5.69 Å². The molecule has 0 fully saturated rings. The molecule has 82 valence electrons. The number of halogens is 1. The molecule has 1 unspecified atom stereocenters. The number of carbonyl (C=O) groups is 1. The van der Waals surface area contributed by atoms with Gasteiger partial charge in [0.2, 0.25) is 0 Å². The van der Waals surface area contributed by atoms with Gasteiger partial charge in [-0.25, -0.2) is 4.79 Å². The number of carbonyl (C=O) groups excluding carboxylic acids is 1. The average molecular weight is 290 g/mol. The summed E-state index contributed by atoms with van der Waals surface area (Å²) in [6.07, 6.45) is 0. The van der Waals surface area contributed by atoms with E-state index in [4.69, 9.17) is 4.74 Å². The molecule has 0 aliphatic rings. The van der Waals surface area contributed by atoms with Gasteiger partial charge in [0.05, 0.1) is 6.61 Å². The Morgan fingerprint density at radius 3 is 2.87 bits per heavy atom. The van der Waals surface area contributed by atoms with Crippen molar-refractivity contribution in [1.29, 1.82) is 0 Å². The zero-order chi connectivity index (χ0) is 11.3. The number of hydrogen-bond donors (Lipinski definition) is 2. The number of nitrogens with one attached hydrogen (secondary N) is 1. The van der Waals surface area contributed by atoms with Gasteiger partial charge in [-0.2, -0.15) is 0 Å². The van der Waals surface area contributed by atoms with Crippen molar-refractivity contribution in [3.63, 3.8) is 0 Å². The normalized spacial score (nSPS) is 11.9. The molecule has 0 spiro atoms. The first-order valence-electron chi connectivity index (χ1n) is 4.51. The average Bonchev–Trinajstić information content (AvgIpc) is 2.21. The summed E-state index contributed by atoms with van der Waals surface area (Å²) in [5.41, 5.74) is 0.811. The second kappa shape index (κ2) is 6.02. The molecule has 0 heterocycles. The Labute approximate surface area is 103 Å². The molecule has 1 atom stereocenters. The molecular weight excluding hydrogens is 278 g/mol. The molecule has 0 saturated heterocycles. The first kappa shape index (κ1) is 12.4. The van der Waals surface area contributed by atoms with Gasteiger partial charge >= 0.3 is 5.97 Å². The SMILES string of the molecule is CCOC(=O)C(S)Nc1ccccc1Br. The molecule has 0 radical (unpaired) electrons. The van der Waals surface area contributed by atoms with Crippen LogP contribution < -0.4 is 5.32 Å². The van der Waals surface area contributed by atoms with Crippen LogP contribution in [0.15, 0.2) is 28.7 Å². The van der Waals surface area contributed by atoms with E-state index in [1.165, 1.54) is 0 Å². The summed E-state index contributed by atoms with van der Waals surface area (Å²) in [4.78, 5) is 11.3. The third kappa shape index (κ3) is 3.76. The van der Waals surface area contributed by atoms with Crippen molar-refractivity contribution in [1.82, 2.24) is 0 Å². The number of hydrogen-bond acceptors (Lipinski definition) is 4. The highest BCUT2D eigenvalue weighted by molar-refractivity contribution is 9.10. The van der Waals surface area contributed by atoms with Crippen LogP contribution in [0.5, 0.6) is 0 Å². The summed E-state index contributed by atoms with van der Waals surface area (Å²) in [6, 6.07) is 7.51. The minimum Gasteiger partial charge on any atom is -0.464 e. The van der Waals surface area contributed by atoms with E-state index < -0.39 is 5.37 Å². The van der Waals surface area contributed by atoms with Gasteiger partial charge < -0.3 is 10.1 Å². The van der Waals surface area contributed by atoms with Gasteiger partial charge in [0.1, 0.15) is 0 Å². The minimum atomic E-state index is -0.649. The van der Waals surface area contributed by atoms with Crippen molar-refractivity contribution < 1.29 is 9.53 Å². The molecule has 0 aliphatic carbocycles. The second-order valence-electron chi connectivity index (χ2n) is 2.78. The number of esters is 1. The maximum Gasteiger partial charge on any atom is 0.338 e. The Morgan fingerprint density at radius 2 is 2.27 bits per heavy atom. The summed E-state index contributed by atoms with van der Waals surface area (Å²) in [7, 11) is 0. The predicted octanol–water partition coefficient (Wildman–Crippen LogP) is 2.68. The standard InChI is InChI=1S/C10H12BrNO2S/c1-2-14-10(13)9(15)12-8-6-4-3-5-7(8)11/h3-6,9,12,15H,2H2,1H3. The predicted molar refractivity (Wildman–Crippen MR) is 67.2 cm³/mol. The summed E-state index contributed by atoms with van der Waals surface area (Å²) >= 11 is 7.48. The number of para-hydroxylation sites is 1. The molecule has 1 rings (SSSR count). The van der Waals surface area contributed by atoms with Crippen LogP contribution in [0.25, 0.3) is 0 Å². The minimum absolute atomic E-state index is 0.355. The quantitative estimate of drug-likeness (QED) is 0.509. The summed E-state index contributed by atoms with van der Waals surface area (Å²) < 4.78 is 5.71. The van der Waals surface area contributed by atoms with E-state index in [2.05, 4.69) is 33.9 Å². The highest BCUT2D eigenvalue weighted by Gasteiger charge is 2.15. The largest absolute Gasteiger partial charge is 0.464 e. The summed E-state index contributed by atoms with van der Waals surface area (Å²) in [6.45, 7) is 2.12. The monoisotopic (exact) mass is 289 g/mol. The lowest BCUT2D eigenvalue weighted by Gasteiger charge is -2.13. The number of benzene rings is 1. The van der Waals surface area contributed by atoms with Gasteiger partial charge in [-0.1, -0.05) is 12.1 Å². The van der Waals surface area contributed by atoms with E-state index in [1.807, 2.05) is 24.3 Å². The fourth-order valence-corrected chi connectivity index (χ4v) is 1.62. The fourth-order valence-electron chi connectivity index (χ4n) is 1.01. The Balaban J connectivity index is 2.62. The van der Waals surface area contributed by atoms with Crippen LogP contribution >= 0.6 is 28.6 Å². The Kier molecular flexibility index (Phi) is 4.98. The smallest absolute Gasteiger partial charge is 0.338 e. The first-order chi connectivity index (χ1) is 7.15. The van der Waals surface area contributed by atoms with Crippen molar-refractivity contribution in [3.05, 3.63) is 28.7 Å². The maximum absolute atomic E-state index is 11.3. The zero-order valence-corrected chi connectivity index (χ0v) is 10.7. The van der Waals surface area contributed by atoms with Crippen LogP contribution in [0.1, 0.15) is 6.92 Å². The van der Waals surface area contributed by atoms with Crippen LogP contribution in [0.2, 0.25) is 0 Å².